The first-order chi connectivity index (χ1) is 13.7. The van der Waals surface area contributed by atoms with Crippen molar-refractivity contribution in [2.45, 2.75) is 31.8 Å². The number of aromatic nitrogens is 1. The van der Waals surface area contributed by atoms with Crippen LogP contribution in [-0.4, -0.2) is 42.6 Å². The van der Waals surface area contributed by atoms with Crippen molar-refractivity contribution in [1.29, 1.82) is 0 Å². The van der Waals surface area contributed by atoms with Crippen LogP contribution in [0.15, 0.2) is 42.6 Å². The Hall–Kier alpha value is -2.93. The van der Waals surface area contributed by atoms with Crippen LogP contribution in [0.1, 0.15) is 36.0 Å². The van der Waals surface area contributed by atoms with Crippen molar-refractivity contribution in [2.24, 2.45) is 0 Å². The van der Waals surface area contributed by atoms with Gasteiger partial charge in [0.1, 0.15) is 6.10 Å². The maximum absolute atomic E-state index is 12.8. The van der Waals surface area contributed by atoms with Gasteiger partial charge in [0, 0.05) is 37.1 Å². The van der Waals surface area contributed by atoms with Gasteiger partial charge in [0.15, 0.2) is 5.82 Å². The van der Waals surface area contributed by atoms with Gasteiger partial charge in [0.25, 0.3) is 11.8 Å². The topological polar surface area (TPSA) is 83.6 Å². The monoisotopic (exact) mass is 380 g/mol. The Morgan fingerprint density at radius 2 is 1.93 bits per heavy atom. The first kappa shape index (κ1) is 18.4. The van der Waals surface area contributed by atoms with E-state index in [1.807, 2.05) is 12.1 Å². The molecule has 0 unspecified atom stereocenters. The van der Waals surface area contributed by atoms with Gasteiger partial charge in [-0.1, -0.05) is 6.07 Å². The highest BCUT2D eigenvalue weighted by atomic mass is 16.5. The Bertz CT molecular complexity index is 858. The van der Waals surface area contributed by atoms with E-state index in [1.165, 1.54) is 0 Å². The number of amides is 2. The second kappa shape index (κ2) is 8.39. The molecule has 0 radical (unpaired) electrons. The molecule has 3 heterocycles. The van der Waals surface area contributed by atoms with E-state index in [0.29, 0.717) is 23.5 Å². The molecule has 1 aromatic heterocycles. The number of hydrogen-bond donors (Lipinski definition) is 2. The highest BCUT2D eigenvalue weighted by molar-refractivity contribution is 6.06. The Morgan fingerprint density at radius 1 is 1.07 bits per heavy atom. The number of hydrogen-bond acceptors (Lipinski definition) is 5. The predicted octanol–water partition coefficient (Wildman–Crippen LogP) is 3.05. The molecule has 7 heteroatoms. The number of anilines is 3. The Balaban J connectivity index is 1.46. The molecule has 28 heavy (non-hydrogen) atoms. The maximum Gasteiger partial charge on any atom is 0.255 e. The van der Waals surface area contributed by atoms with E-state index in [0.717, 1.165) is 44.6 Å². The predicted molar refractivity (Wildman–Crippen MR) is 108 cm³/mol. The standard InChI is InChI=1S/C21H24N4O3/c26-20(24-17-8-4-10-22-19(17)25-11-1-2-12-25)15-6-3-7-16(14-15)23-21(27)18-9-5-13-28-18/h3-4,6-8,10,14,18H,1-2,5,9,11-13H2,(H,23,27)(H,24,26)/t18-/m0/s1. The molecule has 2 saturated heterocycles. The van der Waals surface area contributed by atoms with E-state index in [9.17, 15) is 9.59 Å². The first-order valence-electron chi connectivity index (χ1n) is 9.74. The summed E-state index contributed by atoms with van der Waals surface area (Å²) in [5, 5.41) is 5.79. The maximum atomic E-state index is 12.8. The summed E-state index contributed by atoms with van der Waals surface area (Å²) >= 11 is 0. The van der Waals surface area contributed by atoms with Crippen molar-refractivity contribution in [2.75, 3.05) is 35.2 Å². The average molecular weight is 380 g/mol. The number of nitrogens with one attached hydrogen (secondary N) is 2. The van der Waals surface area contributed by atoms with Gasteiger partial charge in [-0.15, -0.1) is 0 Å². The van der Waals surface area contributed by atoms with Crippen LogP contribution < -0.4 is 15.5 Å². The van der Waals surface area contributed by atoms with Gasteiger partial charge >= 0.3 is 0 Å². The zero-order valence-electron chi connectivity index (χ0n) is 15.7. The lowest BCUT2D eigenvalue weighted by atomic mass is 10.1. The second-order valence-electron chi connectivity index (χ2n) is 7.09. The molecule has 2 amide bonds. The van der Waals surface area contributed by atoms with Crippen molar-refractivity contribution in [3.05, 3.63) is 48.2 Å². The number of pyridine rings is 1. The molecule has 4 rings (SSSR count). The summed E-state index contributed by atoms with van der Waals surface area (Å²) in [4.78, 5) is 31.6. The fourth-order valence-electron chi connectivity index (χ4n) is 3.62. The third-order valence-corrected chi connectivity index (χ3v) is 5.05. The summed E-state index contributed by atoms with van der Waals surface area (Å²) < 4.78 is 5.40. The fraction of sp³-hybridized carbons (Fsp3) is 0.381. The number of carbonyl (C=O) groups excluding carboxylic acids is 2. The Kier molecular flexibility index (Phi) is 5.53. The quantitative estimate of drug-likeness (QED) is 0.833. The van der Waals surface area contributed by atoms with Gasteiger partial charge in [-0.2, -0.15) is 0 Å². The zero-order chi connectivity index (χ0) is 19.3. The van der Waals surface area contributed by atoms with Crippen LogP contribution >= 0.6 is 0 Å². The SMILES string of the molecule is O=C(Nc1cccnc1N1CCCC1)c1cccc(NC(=O)[C@@H]2CCCO2)c1. The van der Waals surface area contributed by atoms with E-state index in [-0.39, 0.29) is 11.8 Å². The molecule has 0 saturated carbocycles. The molecule has 1 aromatic carbocycles. The highest BCUT2D eigenvalue weighted by Crippen LogP contribution is 2.26. The van der Waals surface area contributed by atoms with Gasteiger partial charge in [-0.05, 0) is 56.0 Å². The molecule has 7 nitrogen and oxygen atoms in total. The van der Waals surface area contributed by atoms with Crippen molar-refractivity contribution in [1.82, 2.24) is 4.98 Å². The van der Waals surface area contributed by atoms with Crippen molar-refractivity contribution < 1.29 is 14.3 Å². The number of ether oxygens (including phenoxy) is 1. The zero-order valence-corrected chi connectivity index (χ0v) is 15.7. The minimum Gasteiger partial charge on any atom is -0.368 e. The van der Waals surface area contributed by atoms with Gasteiger partial charge < -0.3 is 20.3 Å². The van der Waals surface area contributed by atoms with E-state index >= 15 is 0 Å². The van der Waals surface area contributed by atoms with E-state index in [2.05, 4.69) is 20.5 Å². The summed E-state index contributed by atoms with van der Waals surface area (Å²) in [5.41, 5.74) is 1.75. The van der Waals surface area contributed by atoms with Crippen molar-refractivity contribution in [3.8, 4) is 0 Å². The Labute approximate surface area is 164 Å². The molecule has 2 N–H and O–H groups in total. The summed E-state index contributed by atoms with van der Waals surface area (Å²) in [7, 11) is 0. The minimum atomic E-state index is -0.407. The summed E-state index contributed by atoms with van der Waals surface area (Å²) in [6.45, 7) is 2.51. The van der Waals surface area contributed by atoms with Gasteiger partial charge in [0.05, 0.1) is 5.69 Å². The lowest BCUT2D eigenvalue weighted by molar-refractivity contribution is -0.124. The minimum absolute atomic E-state index is 0.168. The van der Waals surface area contributed by atoms with Crippen LogP contribution in [0.3, 0.4) is 0 Å². The largest absolute Gasteiger partial charge is 0.368 e. The van der Waals surface area contributed by atoms with E-state index in [4.69, 9.17) is 4.74 Å². The normalized spacial score (nSPS) is 18.9. The number of carbonyl (C=O) groups is 2. The third kappa shape index (κ3) is 4.14. The van der Waals surface area contributed by atoms with E-state index < -0.39 is 6.10 Å². The highest BCUT2D eigenvalue weighted by Gasteiger charge is 2.24. The molecular formula is C21H24N4O3. The Morgan fingerprint density at radius 3 is 2.71 bits per heavy atom. The van der Waals surface area contributed by atoms with Crippen molar-refractivity contribution >= 4 is 29.0 Å². The molecule has 2 aliphatic heterocycles. The lowest BCUT2D eigenvalue weighted by Gasteiger charge is -2.20. The molecule has 0 aliphatic carbocycles. The average Bonchev–Trinajstić information content (AvgIpc) is 3.43. The van der Waals surface area contributed by atoms with Crippen LogP contribution in [0.5, 0.6) is 0 Å². The second-order valence-corrected chi connectivity index (χ2v) is 7.09. The van der Waals surface area contributed by atoms with Crippen LogP contribution in [0.2, 0.25) is 0 Å². The van der Waals surface area contributed by atoms with Crippen LogP contribution in [-0.2, 0) is 9.53 Å². The molecule has 2 aromatic rings. The van der Waals surface area contributed by atoms with Crippen LogP contribution in [0.4, 0.5) is 17.2 Å². The number of benzene rings is 1. The molecule has 146 valence electrons. The van der Waals surface area contributed by atoms with Gasteiger partial charge in [-0.3, -0.25) is 9.59 Å². The van der Waals surface area contributed by atoms with Crippen molar-refractivity contribution in [3.63, 3.8) is 0 Å². The molecular weight excluding hydrogens is 356 g/mol. The summed E-state index contributed by atoms with van der Waals surface area (Å²) in [5.74, 6) is 0.400. The van der Waals surface area contributed by atoms with Gasteiger partial charge in [-0.25, -0.2) is 4.98 Å². The van der Waals surface area contributed by atoms with Gasteiger partial charge in [0.2, 0.25) is 0 Å². The third-order valence-electron chi connectivity index (χ3n) is 5.05. The first-order valence-corrected chi connectivity index (χ1v) is 9.74. The van der Waals surface area contributed by atoms with Crippen LogP contribution in [0.25, 0.3) is 0 Å². The molecule has 0 bridgehead atoms. The number of nitrogens with zero attached hydrogens (tertiary/aromatic N) is 2. The molecule has 0 spiro atoms. The summed E-state index contributed by atoms with van der Waals surface area (Å²) in [6.07, 6.45) is 5.23. The number of rotatable bonds is 5. The smallest absolute Gasteiger partial charge is 0.255 e. The molecule has 2 fully saturated rings. The molecule has 2 aliphatic rings. The fourth-order valence-corrected chi connectivity index (χ4v) is 3.62. The summed E-state index contributed by atoms with van der Waals surface area (Å²) in [6, 6.07) is 10.6. The van der Waals surface area contributed by atoms with E-state index in [1.54, 1.807) is 30.5 Å². The molecule has 1 atom stereocenters. The lowest BCUT2D eigenvalue weighted by Crippen LogP contribution is -2.27. The van der Waals surface area contributed by atoms with Crippen LogP contribution in [0, 0.1) is 0 Å².